The molecule has 2 atom stereocenters. The number of carbonyl (C=O) groups excluding carboxylic acids is 1. The van der Waals surface area contributed by atoms with Crippen LogP contribution in [0.2, 0.25) is 0 Å². The zero-order valence-electron chi connectivity index (χ0n) is 13.1. The van der Waals surface area contributed by atoms with E-state index in [2.05, 4.69) is 43.1 Å². The molecular formula is C17H24N2OS. The Morgan fingerprint density at radius 3 is 2.57 bits per heavy atom. The van der Waals surface area contributed by atoms with Crippen molar-refractivity contribution < 1.29 is 4.79 Å². The van der Waals surface area contributed by atoms with Crippen molar-refractivity contribution in [2.75, 3.05) is 0 Å². The van der Waals surface area contributed by atoms with Gasteiger partial charge in [0.15, 0.2) is 0 Å². The van der Waals surface area contributed by atoms with Crippen LogP contribution in [0.4, 0.5) is 0 Å². The van der Waals surface area contributed by atoms with Crippen molar-refractivity contribution in [1.29, 1.82) is 0 Å². The van der Waals surface area contributed by atoms with Gasteiger partial charge in [-0.3, -0.25) is 10.1 Å². The molecule has 0 bridgehead atoms. The molecular weight excluding hydrogens is 280 g/mol. The first-order chi connectivity index (χ1) is 9.90. The third kappa shape index (κ3) is 2.15. The lowest BCUT2D eigenvalue weighted by molar-refractivity contribution is -0.133. The van der Waals surface area contributed by atoms with Gasteiger partial charge in [-0.05, 0) is 56.6 Å². The molecule has 2 unspecified atom stereocenters. The van der Waals surface area contributed by atoms with Crippen molar-refractivity contribution in [1.82, 2.24) is 10.2 Å². The van der Waals surface area contributed by atoms with Crippen LogP contribution in [0, 0.1) is 12.3 Å². The standard InChI is InChI=1S/C17H24N2OS/c1-11-4-5-13(21-11)14-18-17(8-9-17)15(20)19(14)12-6-7-16(2,3)10-12/h4-5,12,14,18H,6-10H2,1-3H3. The van der Waals surface area contributed by atoms with Crippen LogP contribution in [-0.2, 0) is 4.79 Å². The van der Waals surface area contributed by atoms with Crippen molar-refractivity contribution in [3.8, 4) is 0 Å². The van der Waals surface area contributed by atoms with E-state index in [-0.39, 0.29) is 11.7 Å². The van der Waals surface area contributed by atoms with E-state index in [0.717, 1.165) is 25.7 Å². The minimum absolute atomic E-state index is 0.109. The summed E-state index contributed by atoms with van der Waals surface area (Å²) in [5.74, 6) is 0.362. The van der Waals surface area contributed by atoms with E-state index >= 15 is 0 Å². The van der Waals surface area contributed by atoms with Crippen molar-refractivity contribution in [2.24, 2.45) is 5.41 Å². The zero-order chi connectivity index (χ0) is 14.8. The molecule has 4 heteroatoms. The van der Waals surface area contributed by atoms with Crippen molar-refractivity contribution >= 4 is 17.2 Å². The maximum atomic E-state index is 12.9. The molecule has 1 amide bonds. The largest absolute Gasteiger partial charge is 0.317 e. The van der Waals surface area contributed by atoms with Crippen LogP contribution in [0.15, 0.2) is 12.1 Å². The lowest BCUT2D eigenvalue weighted by Gasteiger charge is -2.30. The van der Waals surface area contributed by atoms with Gasteiger partial charge in [-0.15, -0.1) is 11.3 Å². The molecule has 2 aliphatic carbocycles. The fourth-order valence-corrected chi connectivity index (χ4v) is 4.99. The maximum Gasteiger partial charge on any atom is 0.244 e. The summed E-state index contributed by atoms with van der Waals surface area (Å²) in [5, 5.41) is 3.66. The topological polar surface area (TPSA) is 32.3 Å². The predicted octanol–water partition coefficient (Wildman–Crippen LogP) is 3.60. The average molecular weight is 304 g/mol. The number of nitrogens with zero attached hydrogens (tertiary/aromatic N) is 1. The Balaban J connectivity index is 1.66. The molecule has 2 heterocycles. The lowest BCUT2D eigenvalue weighted by atomic mass is 9.91. The van der Waals surface area contributed by atoms with Gasteiger partial charge in [-0.1, -0.05) is 13.8 Å². The van der Waals surface area contributed by atoms with Crippen LogP contribution in [-0.4, -0.2) is 22.4 Å². The van der Waals surface area contributed by atoms with E-state index < -0.39 is 0 Å². The van der Waals surface area contributed by atoms with Crippen LogP contribution >= 0.6 is 11.3 Å². The van der Waals surface area contributed by atoms with E-state index in [1.807, 2.05) is 11.3 Å². The first-order valence-corrected chi connectivity index (χ1v) is 8.89. The predicted molar refractivity (Wildman–Crippen MR) is 85.2 cm³/mol. The highest BCUT2D eigenvalue weighted by Gasteiger charge is 2.61. The van der Waals surface area contributed by atoms with Crippen molar-refractivity contribution in [2.45, 2.75) is 70.6 Å². The Kier molecular flexibility index (Phi) is 2.84. The van der Waals surface area contributed by atoms with Gasteiger partial charge in [0.05, 0.1) is 0 Å². The summed E-state index contributed by atoms with van der Waals surface area (Å²) in [6, 6.07) is 4.77. The van der Waals surface area contributed by atoms with Gasteiger partial charge in [0.1, 0.15) is 11.7 Å². The first-order valence-electron chi connectivity index (χ1n) is 8.07. The third-order valence-electron chi connectivity index (χ3n) is 5.45. The molecule has 114 valence electrons. The number of carbonyl (C=O) groups is 1. The van der Waals surface area contributed by atoms with Gasteiger partial charge in [-0.25, -0.2) is 0 Å². The highest BCUT2D eigenvalue weighted by molar-refractivity contribution is 7.12. The van der Waals surface area contributed by atoms with Gasteiger partial charge in [0, 0.05) is 15.8 Å². The first kappa shape index (κ1) is 13.8. The summed E-state index contributed by atoms with van der Waals surface area (Å²) >= 11 is 1.82. The zero-order valence-corrected chi connectivity index (χ0v) is 13.9. The Bertz CT molecular complexity index is 587. The van der Waals surface area contributed by atoms with Gasteiger partial charge in [0.25, 0.3) is 0 Å². The van der Waals surface area contributed by atoms with E-state index in [1.54, 1.807) is 0 Å². The summed E-state index contributed by atoms with van der Waals surface area (Å²) in [6.07, 6.45) is 5.65. The van der Waals surface area contributed by atoms with Gasteiger partial charge >= 0.3 is 0 Å². The SMILES string of the molecule is Cc1ccc(C2NC3(CC3)C(=O)N2C2CCC(C)(C)C2)s1. The van der Waals surface area contributed by atoms with E-state index in [9.17, 15) is 4.79 Å². The van der Waals surface area contributed by atoms with Crippen LogP contribution in [0.3, 0.4) is 0 Å². The maximum absolute atomic E-state index is 12.9. The number of amides is 1. The number of nitrogens with one attached hydrogen (secondary N) is 1. The van der Waals surface area contributed by atoms with Crippen molar-refractivity contribution in [3.05, 3.63) is 21.9 Å². The fraction of sp³-hybridized carbons (Fsp3) is 0.706. The fourth-order valence-electron chi connectivity index (χ4n) is 4.06. The van der Waals surface area contributed by atoms with Crippen LogP contribution in [0.5, 0.6) is 0 Å². The van der Waals surface area contributed by atoms with Gasteiger partial charge in [0.2, 0.25) is 5.91 Å². The molecule has 4 rings (SSSR count). The summed E-state index contributed by atoms with van der Waals surface area (Å²) in [5.41, 5.74) is 0.162. The number of thiophene rings is 1. The molecule has 1 aromatic rings. The monoisotopic (exact) mass is 304 g/mol. The Morgan fingerprint density at radius 2 is 2.05 bits per heavy atom. The van der Waals surface area contributed by atoms with Crippen LogP contribution in [0.1, 0.15) is 61.9 Å². The summed E-state index contributed by atoms with van der Waals surface area (Å²) in [4.78, 5) is 17.8. The third-order valence-corrected chi connectivity index (χ3v) is 6.50. The Morgan fingerprint density at radius 1 is 1.29 bits per heavy atom. The van der Waals surface area contributed by atoms with Crippen LogP contribution in [0.25, 0.3) is 0 Å². The molecule has 0 radical (unpaired) electrons. The second-order valence-electron chi connectivity index (χ2n) is 7.85. The highest BCUT2D eigenvalue weighted by Crippen LogP contribution is 2.51. The Labute approximate surface area is 130 Å². The Hall–Kier alpha value is -0.870. The van der Waals surface area contributed by atoms with E-state index in [0.29, 0.717) is 17.4 Å². The summed E-state index contributed by atoms with van der Waals surface area (Å²) in [6.45, 7) is 6.80. The van der Waals surface area contributed by atoms with Crippen LogP contribution < -0.4 is 5.32 Å². The molecule has 1 saturated heterocycles. The molecule has 2 saturated carbocycles. The smallest absolute Gasteiger partial charge is 0.244 e. The molecule has 3 nitrogen and oxygen atoms in total. The number of hydrogen-bond acceptors (Lipinski definition) is 3. The summed E-state index contributed by atoms with van der Waals surface area (Å²) in [7, 11) is 0. The molecule has 21 heavy (non-hydrogen) atoms. The van der Waals surface area contributed by atoms with Crippen molar-refractivity contribution in [3.63, 3.8) is 0 Å². The van der Waals surface area contributed by atoms with Gasteiger partial charge < -0.3 is 4.90 Å². The minimum Gasteiger partial charge on any atom is -0.317 e. The van der Waals surface area contributed by atoms with E-state index in [4.69, 9.17) is 0 Å². The summed E-state index contributed by atoms with van der Waals surface area (Å²) < 4.78 is 0. The number of rotatable bonds is 2. The minimum atomic E-state index is -0.213. The highest BCUT2D eigenvalue weighted by atomic mass is 32.1. The molecule has 0 aromatic carbocycles. The number of hydrogen-bond donors (Lipinski definition) is 1. The normalized spacial score (nSPS) is 33.1. The number of aryl methyl sites for hydroxylation is 1. The quantitative estimate of drug-likeness (QED) is 0.905. The molecule has 3 fully saturated rings. The second kappa shape index (κ2) is 4.32. The molecule has 1 N–H and O–H groups in total. The molecule has 1 spiro atoms. The average Bonchev–Trinajstić information content (AvgIpc) is 2.79. The second-order valence-corrected chi connectivity index (χ2v) is 9.17. The molecule has 1 aliphatic heterocycles. The van der Waals surface area contributed by atoms with E-state index in [1.165, 1.54) is 16.2 Å². The molecule has 3 aliphatic rings. The lowest BCUT2D eigenvalue weighted by Crippen LogP contribution is -2.39. The molecule has 1 aromatic heterocycles. The van der Waals surface area contributed by atoms with Gasteiger partial charge in [-0.2, -0.15) is 0 Å².